The molecule has 216 valence electrons. The molecule has 3 unspecified atom stereocenters. The number of benzene rings is 1. The van der Waals surface area contributed by atoms with Crippen molar-refractivity contribution in [3.05, 3.63) is 42.0 Å². The predicted octanol–water partition coefficient (Wildman–Crippen LogP) is 4.39. The topological polar surface area (TPSA) is 117 Å². The molecule has 1 aliphatic heterocycles. The van der Waals surface area contributed by atoms with Crippen LogP contribution in [-0.2, 0) is 19.1 Å². The van der Waals surface area contributed by atoms with Gasteiger partial charge in [-0.05, 0) is 68.2 Å². The molecular formula is C32H41NO7. The molecular weight excluding hydrogens is 510 g/mol. The van der Waals surface area contributed by atoms with Crippen molar-refractivity contribution in [1.29, 1.82) is 0 Å². The molecule has 4 aliphatic carbocycles. The maximum atomic E-state index is 14.3. The minimum absolute atomic E-state index is 0.0171. The number of nitrogen functional groups attached to an aromatic ring is 1. The van der Waals surface area contributed by atoms with Gasteiger partial charge in [0.15, 0.2) is 17.7 Å². The van der Waals surface area contributed by atoms with E-state index in [2.05, 4.69) is 20.8 Å². The molecule has 4 fully saturated rings. The number of methoxy groups -OCH3 is 1. The Hall–Kier alpha value is -2.68. The maximum Gasteiger partial charge on any atom is 0.205 e. The lowest BCUT2D eigenvalue weighted by Gasteiger charge is -2.59. The van der Waals surface area contributed by atoms with E-state index in [1.165, 1.54) is 7.11 Å². The number of hydrogen-bond acceptors (Lipinski definition) is 8. The Bertz CT molecular complexity index is 1270. The van der Waals surface area contributed by atoms with Crippen LogP contribution in [-0.4, -0.2) is 54.5 Å². The zero-order valence-corrected chi connectivity index (χ0v) is 23.9. The first kappa shape index (κ1) is 27.5. The van der Waals surface area contributed by atoms with Crippen molar-refractivity contribution >= 4 is 17.3 Å². The van der Waals surface area contributed by atoms with Gasteiger partial charge in [0.25, 0.3) is 0 Å². The second kappa shape index (κ2) is 9.71. The molecule has 0 spiro atoms. The van der Waals surface area contributed by atoms with Gasteiger partial charge in [0.2, 0.25) is 5.78 Å². The number of Topliss-reactive ketones (excluding diaryl/α,β-unsaturated/α-hetero) is 1. The molecule has 1 aromatic carbocycles. The lowest BCUT2D eigenvalue weighted by atomic mass is 9.46. The van der Waals surface area contributed by atoms with Crippen molar-refractivity contribution in [2.75, 3.05) is 19.5 Å². The molecule has 9 atom stereocenters. The molecule has 1 saturated heterocycles. The number of ketones is 2. The largest absolute Gasteiger partial charge is 0.494 e. The summed E-state index contributed by atoms with van der Waals surface area (Å²) in [6.07, 6.45) is 8.24. The third-order valence-electron chi connectivity index (χ3n) is 10.8. The van der Waals surface area contributed by atoms with E-state index < -0.39 is 29.5 Å². The van der Waals surface area contributed by atoms with Gasteiger partial charge in [0.05, 0.1) is 25.0 Å². The van der Waals surface area contributed by atoms with Crippen LogP contribution in [0, 0.1) is 28.6 Å². The minimum Gasteiger partial charge on any atom is -0.494 e. The molecule has 1 heterocycles. The van der Waals surface area contributed by atoms with Crippen molar-refractivity contribution in [1.82, 2.24) is 0 Å². The third-order valence-corrected chi connectivity index (χ3v) is 10.8. The number of nitrogens with two attached hydrogens (primary N) is 1. The Morgan fingerprint density at radius 3 is 2.83 bits per heavy atom. The highest BCUT2D eigenvalue weighted by Crippen LogP contribution is 2.69. The average molecular weight is 552 g/mol. The van der Waals surface area contributed by atoms with Crippen molar-refractivity contribution in [2.45, 2.75) is 83.4 Å². The van der Waals surface area contributed by atoms with Crippen LogP contribution in [0.5, 0.6) is 11.5 Å². The Balaban J connectivity index is 1.33. The first-order valence-electron chi connectivity index (χ1n) is 14.6. The summed E-state index contributed by atoms with van der Waals surface area (Å²) in [6.45, 7) is 6.16. The zero-order chi connectivity index (χ0) is 28.4. The van der Waals surface area contributed by atoms with Crippen molar-refractivity contribution in [3.8, 4) is 11.5 Å². The van der Waals surface area contributed by atoms with Crippen LogP contribution >= 0.6 is 0 Å². The smallest absolute Gasteiger partial charge is 0.205 e. The van der Waals surface area contributed by atoms with Crippen LogP contribution in [0.1, 0.15) is 59.3 Å². The summed E-state index contributed by atoms with van der Waals surface area (Å²) >= 11 is 0. The van der Waals surface area contributed by atoms with Crippen LogP contribution in [0.4, 0.5) is 5.69 Å². The molecule has 0 aromatic heterocycles. The van der Waals surface area contributed by atoms with E-state index in [0.29, 0.717) is 36.4 Å². The van der Waals surface area contributed by atoms with E-state index in [1.807, 2.05) is 6.08 Å². The number of rotatable bonds is 7. The number of aliphatic hydroxyl groups excluding tert-OH is 1. The Morgan fingerprint density at radius 1 is 1.27 bits per heavy atom. The number of aliphatic hydroxyl groups is 1. The first-order valence-corrected chi connectivity index (χ1v) is 14.6. The van der Waals surface area contributed by atoms with E-state index in [-0.39, 0.29) is 41.3 Å². The predicted molar refractivity (Wildman–Crippen MR) is 149 cm³/mol. The highest BCUT2D eigenvalue weighted by Gasteiger charge is 2.75. The van der Waals surface area contributed by atoms with E-state index in [1.54, 1.807) is 30.4 Å². The lowest BCUT2D eigenvalue weighted by molar-refractivity contribution is -0.200. The molecule has 40 heavy (non-hydrogen) atoms. The highest BCUT2D eigenvalue weighted by molar-refractivity contribution is 6.01. The fourth-order valence-electron chi connectivity index (χ4n) is 9.04. The summed E-state index contributed by atoms with van der Waals surface area (Å²) in [6, 6.07) is 5.08. The van der Waals surface area contributed by atoms with E-state index in [4.69, 9.17) is 24.7 Å². The standard InChI is InChI=1S/C32H41NO7/c1-5-6-28-39-27-15-22-21-9-7-18-13-19(34)11-12-30(18,2)29(21)24(35)16-31(22,3)32(27,40-28)26(36)17-38-20-8-10-23(33)25(14-20)37-4/h8,10-14,21-22,24,27-29,35H,5-7,9,15-17,33H2,1-4H3/t21-,22?,24-,27+,28?,29?,30-,31-,32+/m0/s1. The van der Waals surface area contributed by atoms with Gasteiger partial charge in [-0.25, -0.2) is 0 Å². The summed E-state index contributed by atoms with van der Waals surface area (Å²) in [5, 5.41) is 11.9. The SMILES string of the molecule is CCCC1O[C@@H]2CC3[C@@H]4CCC5=CC(=O)C=C[C@]5(C)C4[C@@H](O)C[C@]3(C)[C@]2(C(=O)COc2ccc(N)c(OC)c2)O1. The van der Waals surface area contributed by atoms with Gasteiger partial charge in [-0.15, -0.1) is 0 Å². The van der Waals surface area contributed by atoms with Gasteiger partial charge in [-0.2, -0.15) is 0 Å². The fourth-order valence-corrected chi connectivity index (χ4v) is 9.04. The van der Waals surface area contributed by atoms with E-state index >= 15 is 0 Å². The number of fused-ring (bicyclic) bond motifs is 7. The zero-order valence-electron chi connectivity index (χ0n) is 23.9. The Kier molecular flexibility index (Phi) is 6.67. The monoisotopic (exact) mass is 551 g/mol. The lowest BCUT2D eigenvalue weighted by Crippen LogP contribution is -2.63. The molecule has 3 saturated carbocycles. The number of hydrogen-bond donors (Lipinski definition) is 2. The normalized spacial score (nSPS) is 41.4. The van der Waals surface area contributed by atoms with Gasteiger partial charge < -0.3 is 29.8 Å². The van der Waals surface area contributed by atoms with E-state index in [0.717, 1.165) is 24.8 Å². The third kappa shape index (κ3) is 3.82. The van der Waals surface area contributed by atoms with Gasteiger partial charge in [0.1, 0.15) is 18.1 Å². The van der Waals surface area contributed by atoms with E-state index in [9.17, 15) is 14.7 Å². The Morgan fingerprint density at radius 2 is 2.08 bits per heavy atom. The molecule has 0 amide bonds. The summed E-state index contributed by atoms with van der Waals surface area (Å²) in [5.41, 5.74) is 5.32. The molecule has 6 rings (SSSR count). The van der Waals surface area contributed by atoms with Crippen molar-refractivity contribution in [2.24, 2.45) is 28.6 Å². The molecule has 5 aliphatic rings. The summed E-state index contributed by atoms with van der Waals surface area (Å²) in [5.74, 6) is 1.08. The number of ether oxygens (including phenoxy) is 4. The maximum absolute atomic E-state index is 14.3. The molecule has 8 heteroatoms. The van der Waals surface area contributed by atoms with Crippen LogP contribution in [0.15, 0.2) is 42.0 Å². The second-order valence-corrected chi connectivity index (χ2v) is 12.8. The van der Waals surface area contributed by atoms with Gasteiger partial charge in [-0.1, -0.05) is 38.8 Å². The number of carbonyl (C=O) groups excluding carboxylic acids is 2. The molecule has 1 aromatic rings. The van der Waals surface area contributed by atoms with Crippen LogP contribution in [0.3, 0.4) is 0 Å². The molecule has 3 N–H and O–H groups in total. The van der Waals surface area contributed by atoms with Crippen molar-refractivity contribution < 1.29 is 33.6 Å². The summed E-state index contributed by atoms with van der Waals surface area (Å²) < 4.78 is 24.5. The van der Waals surface area contributed by atoms with Crippen molar-refractivity contribution in [3.63, 3.8) is 0 Å². The number of anilines is 1. The number of allylic oxidation sites excluding steroid dienone is 4. The number of carbonyl (C=O) groups is 2. The minimum atomic E-state index is -1.21. The van der Waals surface area contributed by atoms with Crippen LogP contribution in [0.2, 0.25) is 0 Å². The quantitative estimate of drug-likeness (QED) is 0.479. The van der Waals surface area contributed by atoms with Crippen LogP contribution in [0.25, 0.3) is 0 Å². The summed E-state index contributed by atoms with van der Waals surface area (Å²) in [4.78, 5) is 26.5. The molecule has 0 radical (unpaired) electrons. The Labute approximate surface area is 235 Å². The fraction of sp³-hybridized carbons (Fsp3) is 0.625. The van der Waals surface area contributed by atoms with Gasteiger partial charge in [-0.3, -0.25) is 9.59 Å². The van der Waals surface area contributed by atoms with Gasteiger partial charge >= 0.3 is 0 Å². The molecule has 8 nitrogen and oxygen atoms in total. The molecule has 0 bridgehead atoms. The second-order valence-electron chi connectivity index (χ2n) is 12.8. The average Bonchev–Trinajstić information content (AvgIpc) is 3.40. The first-order chi connectivity index (χ1) is 19.1. The van der Waals surface area contributed by atoms with Crippen LogP contribution < -0.4 is 15.2 Å². The van der Waals surface area contributed by atoms with Gasteiger partial charge in [0, 0.05) is 22.8 Å². The highest BCUT2D eigenvalue weighted by atomic mass is 16.7. The summed E-state index contributed by atoms with van der Waals surface area (Å²) in [7, 11) is 1.54.